The molecule has 0 bridgehead atoms. The highest BCUT2D eigenvalue weighted by molar-refractivity contribution is 5.95. The summed E-state index contributed by atoms with van der Waals surface area (Å²) < 4.78 is 47.0. The third-order valence-electron chi connectivity index (χ3n) is 4.93. The molecule has 6 nitrogen and oxygen atoms in total. The summed E-state index contributed by atoms with van der Waals surface area (Å²) in [4.78, 5) is 14.5. The smallest absolute Gasteiger partial charge is 0.417 e. The van der Waals surface area contributed by atoms with Crippen LogP contribution in [-0.4, -0.2) is 40.3 Å². The SMILES string of the molecule is C[C@H](CNC(=O)c1ccccc1C(F)(F)F)Oc1cccc(CN(C)Cc2cnn(C)c2)c1. The number of ether oxygens (including phenoxy) is 1. The Labute approximate surface area is 191 Å². The van der Waals surface area contributed by atoms with Crippen molar-refractivity contribution in [2.45, 2.75) is 32.3 Å². The van der Waals surface area contributed by atoms with E-state index in [0.717, 1.165) is 29.8 Å². The molecule has 0 saturated heterocycles. The average Bonchev–Trinajstić information content (AvgIpc) is 3.16. The molecule has 1 atom stereocenters. The Kier molecular flexibility index (Phi) is 7.75. The van der Waals surface area contributed by atoms with Crippen molar-refractivity contribution >= 4 is 5.91 Å². The van der Waals surface area contributed by atoms with E-state index in [9.17, 15) is 18.0 Å². The van der Waals surface area contributed by atoms with Crippen LogP contribution in [0.25, 0.3) is 0 Å². The van der Waals surface area contributed by atoms with Gasteiger partial charge in [0, 0.05) is 31.9 Å². The van der Waals surface area contributed by atoms with Crippen molar-refractivity contribution in [2.75, 3.05) is 13.6 Å². The fourth-order valence-corrected chi connectivity index (χ4v) is 3.48. The maximum atomic E-state index is 13.1. The van der Waals surface area contributed by atoms with Gasteiger partial charge in [0.25, 0.3) is 5.91 Å². The van der Waals surface area contributed by atoms with Crippen molar-refractivity contribution < 1.29 is 22.7 Å². The van der Waals surface area contributed by atoms with Gasteiger partial charge in [-0.2, -0.15) is 18.3 Å². The predicted octanol–water partition coefficient (Wildman–Crippen LogP) is 4.27. The first-order chi connectivity index (χ1) is 15.6. The van der Waals surface area contributed by atoms with Gasteiger partial charge < -0.3 is 10.1 Å². The molecule has 3 aromatic rings. The number of halogens is 3. The minimum atomic E-state index is -4.60. The van der Waals surface area contributed by atoms with E-state index in [1.807, 2.05) is 50.8 Å². The number of nitrogens with one attached hydrogen (secondary N) is 1. The maximum absolute atomic E-state index is 13.1. The number of aromatic nitrogens is 2. The Morgan fingerprint density at radius 2 is 1.88 bits per heavy atom. The van der Waals surface area contributed by atoms with Crippen LogP contribution in [0.1, 0.15) is 34.0 Å². The molecule has 0 aliphatic rings. The highest BCUT2D eigenvalue weighted by Gasteiger charge is 2.34. The summed E-state index contributed by atoms with van der Waals surface area (Å²) in [5.74, 6) is -0.163. The molecule has 0 unspecified atom stereocenters. The molecule has 1 aromatic heterocycles. The largest absolute Gasteiger partial charge is 0.489 e. The van der Waals surface area contributed by atoms with Crippen molar-refractivity contribution in [1.29, 1.82) is 0 Å². The third kappa shape index (κ3) is 7.08. The van der Waals surface area contributed by atoms with Gasteiger partial charge in [-0.3, -0.25) is 14.4 Å². The molecule has 3 rings (SSSR count). The molecule has 33 heavy (non-hydrogen) atoms. The van der Waals surface area contributed by atoms with E-state index < -0.39 is 29.3 Å². The summed E-state index contributed by atoms with van der Waals surface area (Å²) in [6, 6.07) is 12.3. The summed E-state index contributed by atoms with van der Waals surface area (Å²) in [5, 5.41) is 6.70. The fourth-order valence-electron chi connectivity index (χ4n) is 3.48. The third-order valence-corrected chi connectivity index (χ3v) is 4.93. The summed E-state index contributed by atoms with van der Waals surface area (Å²) in [7, 11) is 3.89. The number of hydrogen-bond acceptors (Lipinski definition) is 4. The molecule has 0 aliphatic carbocycles. The first kappa shape index (κ1) is 24.3. The second-order valence-electron chi connectivity index (χ2n) is 8.02. The van der Waals surface area contributed by atoms with E-state index in [1.54, 1.807) is 11.6 Å². The zero-order valence-corrected chi connectivity index (χ0v) is 18.8. The summed E-state index contributed by atoms with van der Waals surface area (Å²) in [5.41, 5.74) is 0.799. The average molecular weight is 461 g/mol. The van der Waals surface area contributed by atoms with E-state index in [1.165, 1.54) is 12.1 Å². The summed E-state index contributed by atoms with van der Waals surface area (Å²) in [6.45, 7) is 3.26. The molecule has 176 valence electrons. The molecule has 9 heteroatoms. The van der Waals surface area contributed by atoms with Gasteiger partial charge in [-0.05, 0) is 43.8 Å². The zero-order valence-electron chi connectivity index (χ0n) is 18.8. The number of amides is 1. The first-order valence-electron chi connectivity index (χ1n) is 10.5. The van der Waals surface area contributed by atoms with Gasteiger partial charge in [-0.15, -0.1) is 0 Å². The lowest BCUT2D eigenvalue weighted by atomic mass is 10.1. The Hall–Kier alpha value is -3.33. The quantitative estimate of drug-likeness (QED) is 0.518. The van der Waals surface area contributed by atoms with Crippen molar-refractivity contribution in [3.63, 3.8) is 0 Å². The number of hydrogen-bond donors (Lipinski definition) is 1. The number of rotatable bonds is 9. The topological polar surface area (TPSA) is 59.4 Å². The Morgan fingerprint density at radius 3 is 2.58 bits per heavy atom. The fraction of sp³-hybridized carbons (Fsp3) is 0.333. The van der Waals surface area contributed by atoms with Crippen molar-refractivity contribution in [2.24, 2.45) is 7.05 Å². The minimum absolute atomic E-state index is 0.0656. The monoisotopic (exact) mass is 460 g/mol. The highest BCUT2D eigenvalue weighted by Crippen LogP contribution is 2.31. The molecular formula is C24H27F3N4O2. The van der Waals surface area contributed by atoms with Gasteiger partial charge in [-0.1, -0.05) is 24.3 Å². The minimum Gasteiger partial charge on any atom is -0.489 e. The molecule has 1 heterocycles. The number of alkyl halides is 3. The van der Waals surface area contributed by atoms with Gasteiger partial charge in [0.05, 0.1) is 23.9 Å². The molecule has 0 fully saturated rings. The zero-order chi connectivity index (χ0) is 24.0. The number of benzene rings is 2. The van der Waals surface area contributed by atoms with E-state index in [0.29, 0.717) is 12.3 Å². The Balaban J connectivity index is 1.53. The van der Waals surface area contributed by atoms with E-state index in [2.05, 4.69) is 15.3 Å². The Bertz CT molecular complexity index is 1080. The second-order valence-corrected chi connectivity index (χ2v) is 8.02. The Morgan fingerprint density at radius 1 is 1.15 bits per heavy atom. The van der Waals surface area contributed by atoms with Gasteiger partial charge in [0.2, 0.25) is 0 Å². The van der Waals surface area contributed by atoms with E-state index in [-0.39, 0.29) is 6.54 Å². The van der Waals surface area contributed by atoms with Crippen LogP contribution < -0.4 is 10.1 Å². The van der Waals surface area contributed by atoms with Crippen molar-refractivity contribution in [3.8, 4) is 5.75 Å². The van der Waals surface area contributed by atoms with Crippen LogP contribution in [0, 0.1) is 0 Å². The number of aryl methyl sites for hydroxylation is 1. The molecular weight excluding hydrogens is 433 g/mol. The van der Waals surface area contributed by atoms with Crippen LogP contribution in [0.5, 0.6) is 5.75 Å². The van der Waals surface area contributed by atoms with Gasteiger partial charge in [0.15, 0.2) is 0 Å². The number of carbonyl (C=O) groups is 1. The normalized spacial score (nSPS) is 12.6. The lowest BCUT2D eigenvalue weighted by Crippen LogP contribution is -2.34. The van der Waals surface area contributed by atoms with Crippen LogP contribution in [0.2, 0.25) is 0 Å². The van der Waals surface area contributed by atoms with Crippen LogP contribution in [0.3, 0.4) is 0 Å². The molecule has 0 spiro atoms. The van der Waals surface area contributed by atoms with Crippen LogP contribution in [0.15, 0.2) is 60.9 Å². The van der Waals surface area contributed by atoms with Crippen molar-refractivity contribution in [3.05, 3.63) is 83.2 Å². The summed E-state index contributed by atoms with van der Waals surface area (Å²) in [6.07, 6.45) is -1.23. The van der Waals surface area contributed by atoms with Gasteiger partial charge in [-0.25, -0.2) is 0 Å². The second kappa shape index (κ2) is 10.5. The molecule has 0 aliphatic heterocycles. The number of nitrogens with zero attached hydrogens (tertiary/aromatic N) is 3. The van der Waals surface area contributed by atoms with E-state index in [4.69, 9.17) is 4.74 Å². The summed E-state index contributed by atoms with van der Waals surface area (Å²) >= 11 is 0. The molecule has 1 amide bonds. The van der Waals surface area contributed by atoms with Crippen molar-refractivity contribution in [1.82, 2.24) is 20.0 Å². The van der Waals surface area contributed by atoms with Gasteiger partial charge in [0.1, 0.15) is 11.9 Å². The lowest BCUT2D eigenvalue weighted by molar-refractivity contribution is -0.137. The maximum Gasteiger partial charge on any atom is 0.417 e. The lowest BCUT2D eigenvalue weighted by Gasteiger charge is -2.19. The molecule has 0 radical (unpaired) electrons. The standard InChI is InChI=1S/C24H27F3N4O2/c1-17(12-28-23(32)21-9-4-5-10-22(21)24(25,26)27)33-20-8-6-7-18(11-20)14-30(2)15-19-13-29-31(3)16-19/h4-11,13,16-17H,12,14-15H2,1-3H3,(H,28,32)/t17-/m1/s1. The first-order valence-corrected chi connectivity index (χ1v) is 10.5. The molecule has 2 aromatic carbocycles. The predicted molar refractivity (Wildman–Crippen MR) is 119 cm³/mol. The van der Waals surface area contributed by atoms with Crippen LogP contribution >= 0.6 is 0 Å². The van der Waals surface area contributed by atoms with Crippen LogP contribution in [0.4, 0.5) is 13.2 Å². The van der Waals surface area contributed by atoms with E-state index >= 15 is 0 Å². The highest BCUT2D eigenvalue weighted by atomic mass is 19.4. The molecule has 1 N–H and O–H groups in total. The molecule has 0 saturated carbocycles. The van der Waals surface area contributed by atoms with Crippen LogP contribution in [-0.2, 0) is 26.3 Å². The van der Waals surface area contributed by atoms with Gasteiger partial charge >= 0.3 is 6.18 Å². The number of carbonyl (C=O) groups excluding carboxylic acids is 1.